The number of unbranched alkanes of at least 4 members (excludes halogenated alkanes) is 2. The Labute approximate surface area is 118 Å². The first kappa shape index (κ1) is 16.4. The number of nitrogens with one attached hydrogen (secondary N) is 2. The van der Waals surface area contributed by atoms with Gasteiger partial charge in [0.2, 0.25) is 10.0 Å². The normalized spacial score (nSPS) is 11.3. The van der Waals surface area contributed by atoms with Gasteiger partial charge in [0.05, 0.1) is 9.82 Å². The lowest BCUT2D eigenvalue weighted by molar-refractivity contribution is -0.384. The summed E-state index contributed by atoms with van der Waals surface area (Å²) in [6.45, 7) is 2.69. The molecule has 1 rings (SSSR count). The van der Waals surface area contributed by atoms with Gasteiger partial charge in [-0.2, -0.15) is 0 Å². The third-order valence-corrected chi connectivity index (χ3v) is 4.25. The summed E-state index contributed by atoms with van der Waals surface area (Å²) < 4.78 is 25.4. The zero-order chi connectivity index (χ0) is 15.2. The highest BCUT2D eigenvalue weighted by molar-refractivity contribution is 7.89. The Morgan fingerprint density at radius 2 is 2.00 bits per heavy atom. The Balaban J connectivity index is 3.00. The zero-order valence-electron chi connectivity index (χ0n) is 11.5. The largest absolute Gasteiger partial charge is 0.379 e. The lowest BCUT2D eigenvalue weighted by atomic mass is 10.2. The van der Waals surface area contributed by atoms with Crippen molar-refractivity contribution in [2.24, 2.45) is 0 Å². The van der Waals surface area contributed by atoms with Crippen LogP contribution in [-0.4, -0.2) is 26.9 Å². The van der Waals surface area contributed by atoms with Gasteiger partial charge >= 0.3 is 0 Å². The van der Waals surface area contributed by atoms with Crippen LogP contribution in [-0.2, 0) is 10.0 Å². The SMILES string of the molecule is CCCCCNc1ccc(S(=O)(=O)NC)cc1[N+](=O)[O-]. The van der Waals surface area contributed by atoms with Crippen LogP contribution in [0.1, 0.15) is 26.2 Å². The standard InChI is InChI=1S/C12H19N3O4S/c1-3-4-5-8-14-11-7-6-10(20(18,19)13-2)9-12(11)15(16)17/h6-7,9,13-14H,3-5,8H2,1-2H3. The van der Waals surface area contributed by atoms with Crippen molar-refractivity contribution in [3.05, 3.63) is 28.3 Å². The molecular formula is C12H19N3O4S. The van der Waals surface area contributed by atoms with Crippen molar-refractivity contribution < 1.29 is 13.3 Å². The Kier molecular flexibility index (Phi) is 5.90. The summed E-state index contributed by atoms with van der Waals surface area (Å²) in [4.78, 5) is 10.3. The molecule has 1 aromatic carbocycles. The first-order valence-corrected chi connectivity index (χ1v) is 7.86. The van der Waals surface area contributed by atoms with E-state index in [1.807, 2.05) is 0 Å². The molecule has 20 heavy (non-hydrogen) atoms. The molecule has 0 unspecified atom stereocenters. The molecule has 0 fully saturated rings. The summed E-state index contributed by atoms with van der Waals surface area (Å²) in [5.41, 5.74) is 0.0963. The second kappa shape index (κ2) is 7.20. The van der Waals surface area contributed by atoms with Gasteiger partial charge in [-0.05, 0) is 25.6 Å². The Bertz CT molecular complexity index is 572. The van der Waals surface area contributed by atoms with Crippen LogP contribution in [0.2, 0.25) is 0 Å². The van der Waals surface area contributed by atoms with Crippen molar-refractivity contribution in [1.82, 2.24) is 4.72 Å². The fourth-order valence-electron chi connectivity index (χ4n) is 1.70. The van der Waals surface area contributed by atoms with Gasteiger partial charge < -0.3 is 5.32 Å². The van der Waals surface area contributed by atoms with Gasteiger partial charge in [0.1, 0.15) is 5.69 Å². The number of nitrogens with zero attached hydrogens (tertiary/aromatic N) is 1. The summed E-state index contributed by atoms with van der Waals surface area (Å²) in [6, 6.07) is 3.84. The minimum Gasteiger partial charge on any atom is -0.379 e. The van der Waals surface area contributed by atoms with Gasteiger partial charge in [0.15, 0.2) is 0 Å². The van der Waals surface area contributed by atoms with Gasteiger partial charge in [-0.3, -0.25) is 10.1 Å². The lowest BCUT2D eigenvalue weighted by Crippen LogP contribution is -2.18. The first-order valence-electron chi connectivity index (χ1n) is 6.38. The van der Waals surface area contributed by atoms with Crippen LogP contribution in [0, 0.1) is 10.1 Å². The van der Waals surface area contributed by atoms with Crippen molar-refractivity contribution in [2.75, 3.05) is 18.9 Å². The maximum Gasteiger partial charge on any atom is 0.293 e. The summed E-state index contributed by atoms with van der Waals surface area (Å²) in [6.07, 6.45) is 3.00. The average Bonchev–Trinajstić information content (AvgIpc) is 2.43. The van der Waals surface area contributed by atoms with Crippen LogP contribution < -0.4 is 10.0 Å². The van der Waals surface area contributed by atoms with E-state index in [0.29, 0.717) is 12.2 Å². The number of benzene rings is 1. The summed E-state index contributed by atoms with van der Waals surface area (Å²) in [5.74, 6) is 0. The molecule has 0 amide bonds. The van der Waals surface area contributed by atoms with Crippen molar-refractivity contribution in [2.45, 2.75) is 31.1 Å². The highest BCUT2D eigenvalue weighted by atomic mass is 32.2. The first-order chi connectivity index (χ1) is 9.42. The molecule has 0 heterocycles. The molecule has 7 nitrogen and oxygen atoms in total. The quantitative estimate of drug-likeness (QED) is 0.435. The molecule has 0 bridgehead atoms. The van der Waals surface area contributed by atoms with E-state index in [0.717, 1.165) is 25.3 Å². The third-order valence-electron chi connectivity index (χ3n) is 2.84. The molecule has 0 aliphatic rings. The van der Waals surface area contributed by atoms with Crippen LogP contribution in [0.15, 0.2) is 23.1 Å². The lowest BCUT2D eigenvalue weighted by Gasteiger charge is -2.08. The molecule has 112 valence electrons. The molecule has 0 aromatic heterocycles. The summed E-state index contributed by atoms with van der Waals surface area (Å²) in [7, 11) is -2.42. The van der Waals surface area contributed by atoms with Crippen molar-refractivity contribution in [1.29, 1.82) is 0 Å². The van der Waals surface area contributed by atoms with Crippen LogP contribution in [0.4, 0.5) is 11.4 Å². The smallest absolute Gasteiger partial charge is 0.293 e. The van der Waals surface area contributed by atoms with Crippen LogP contribution in [0.3, 0.4) is 0 Å². The molecule has 2 N–H and O–H groups in total. The van der Waals surface area contributed by atoms with Crippen LogP contribution in [0.5, 0.6) is 0 Å². The molecule has 0 aliphatic heterocycles. The van der Waals surface area contributed by atoms with E-state index in [1.54, 1.807) is 0 Å². The number of nitro benzene ring substituents is 1. The van der Waals surface area contributed by atoms with E-state index in [4.69, 9.17) is 0 Å². The fourth-order valence-corrected chi connectivity index (χ4v) is 2.44. The van der Waals surface area contributed by atoms with E-state index in [9.17, 15) is 18.5 Å². The van der Waals surface area contributed by atoms with Gasteiger partial charge in [-0.1, -0.05) is 19.8 Å². The molecule has 1 aromatic rings. The number of nitro groups is 1. The highest BCUT2D eigenvalue weighted by Crippen LogP contribution is 2.27. The Morgan fingerprint density at radius 3 is 2.55 bits per heavy atom. The van der Waals surface area contributed by atoms with E-state index in [-0.39, 0.29) is 10.6 Å². The molecule has 0 saturated carbocycles. The molecule has 0 saturated heterocycles. The molecule has 0 aliphatic carbocycles. The van der Waals surface area contributed by atoms with Gasteiger partial charge in [-0.25, -0.2) is 13.1 Å². The minimum atomic E-state index is -3.68. The van der Waals surface area contributed by atoms with E-state index in [1.165, 1.54) is 19.2 Å². The van der Waals surface area contributed by atoms with Gasteiger partial charge in [0, 0.05) is 12.6 Å². The number of anilines is 1. The predicted octanol–water partition coefficient (Wildman–Crippen LogP) is 2.10. The maximum absolute atomic E-state index is 11.6. The molecule has 0 atom stereocenters. The average molecular weight is 301 g/mol. The Morgan fingerprint density at radius 1 is 1.30 bits per heavy atom. The van der Waals surface area contributed by atoms with E-state index in [2.05, 4.69) is 17.0 Å². The topological polar surface area (TPSA) is 101 Å². The van der Waals surface area contributed by atoms with Crippen molar-refractivity contribution in [3.63, 3.8) is 0 Å². The number of hydrogen-bond donors (Lipinski definition) is 2. The minimum absolute atomic E-state index is 0.120. The van der Waals surface area contributed by atoms with Crippen LogP contribution in [0.25, 0.3) is 0 Å². The number of sulfonamides is 1. The Hall–Kier alpha value is -1.67. The molecule has 0 radical (unpaired) electrons. The molecule has 0 spiro atoms. The number of rotatable bonds is 8. The predicted molar refractivity (Wildman–Crippen MR) is 77.4 cm³/mol. The third kappa shape index (κ3) is 4.17. The summed E-state index contributed by atoms with van der Waals surface area (Å²) >= 11 is 0. The maximum atomic E-state index is 11.6. The number of hydrogen-bond acceptors (Lipinski definition) is 5. The van der Waals surface area contributed by atoms with Crippen molar-refractivity contribution >= 4 is 21.4 Å². The second-order valence-electron chi connectivity index (χ2n) is 4.28. The fraction of sp³-hybridized carbons (Fsp3) is 0.500. The molecule has 8 heteroatoms. The second-order valence-corrected chi connectivity index (χ2v) is 6.16. The van der Waals surface area contributed by atoms with E-state index >= 15 is 0 Å². The van der Waals surface area contributed by atoms with Gasteiger partial charge in [-0.15, -0.1) is 0 Å². The highest BCUT2D eigenvalue weighted by Gasteiger charge is 2.19. The zero-order valence-corrected chi connectivity index (χ0v) is 12.4. The van der Waals surface area contributed by atoms with E-state index < -0.39 is 14.9 Å². The molecular weight excluding hydrogens is 282 g/mol. The van der Waals surface area contributed by atoms with Crippen molar-refractivity contribution in [3.8, 4) is 0 Å². The summed E-state index contributed by atoms with van der Waals surface area (Å²) in [5, 5.41) is 14.0. The monoisotopic (exact) mass is 301 g/mol. The van der Waals surface area contributed by atoms with Gasteiger partial charge in [0.25, 0.3) is 5.69 Å². The van der Waals surface area contributed by atoms with Crippen LogP contribution >= 0.6 is 0 Å².